The fraction of sp³-hybridized carbons (Fsp3) is 0.771. The number of hydrogen-bond acceptors (Lipinski definition) is 10. The molecule has 45 heavy (non-hydrogen) atoms. The fourth-order valence-corrected chi connectivity index (χ4v) is 8.40. The summed E-state index contributed by atoms with van der Waals surface area (Å²) in [6.07, 6.45) is 9.12. The Bertz CT molecular complexity index is 1130. The molecule has 5 aliphatic rings. The van der Waals surface area contributed by atoms with Gasteiger partial charge in [0.15, 0.2) is 12.1 Å². The number of methoxy groups -OCH3 is 3. The van der Waals surface area contributed by atoms with Crippen molar-refractivity contribution in [2.24, 2.45) is 35.5 Å². The number of esters is 1. The summed E-state index contributed by atoms with van der Waals surface area (Å²) >= 11 is 0. The van der Waals surface area contributed by atoms with Gasteiger partial charge in [-0.1, -0.05) is 31.2 Å². The number of aliphatic hydroxyl groups is 2. The van der Waals surface area contributed by atoms with E-state index in [2.05, 4.69) is 18.2 Å². The number of ketones is 1. The van der Waals surface area contributed by atoms with Gasteiger partial charge in [-0.05, 0) is 81.3 Å². The Labute approximate surface area is 267 Å². The van der Waals surface area contributed by atoms with Gasteiger partial charge >= 0.3 is 5.97 Å². The molecule has 0 aromatic carbocycles. The van der Waals surface area contributed by atoms with Crippen LogP contribution >= 0.6 is 0 Å². The van der Waals surface area contributed by atoms with E-state index in [1.165, 1.54) is 0 Å². The number of hydrogen-bond donors (Lipinski definition) is 2. The molecule has 0 aromatic heterocycles. The summed E-state index contributed by atoms with van der Waals surface area (Å²) in [7, 11) is 4.90. The van der Waals surface area contributed by atoms with Gasteiger partial charge < -0.3 is 38.6 Å². The first-order chi connectivity index (χ1) is 21.6. The summed E-state index contributed by atoms with van der Waals surface area (Å²) in [5, 5.41) is 20.7. The summed E-state index contributed by atoms with van der Waals surface area (Å²) < 4.78 is 35.9. The molecule has 10 nitrogen and oxygen atoms in total. The molecule has 2 aliphatic heterocycles. The zero-order chi connectivity index (χ0) is 32.4. The summed E-state index contributed by atoms with van der Waals surface area (Å²) in [6.45, 7) is 5.38. The maximum absolute atomic E-state index is 13.9. The first-order valence-electron chi connectivity index (χ1n) is 16.6. The molecule has 0 radical (unpaired) electrons. The molecule has 0 bridgehead atoms. The van der Waals surface area contributed by atoms with Crippen LogP contribution in [0.3, 0.4) is 0 Å². The number of allylic oxidation sites excluding steroid dienone is 4. The highest BCUT2D eigenvalue weighted by Gasteiger charge is 2.52. The normalized spacial score (nSPS) is 44.8. The van der Waals surface area contributed by atoms with Crippen LogP contribution < -0.4 is 0 Å². The lowest BCUT2D eigenvalue weighted by atomic mass is 9.70. The van der Waals surface area contributed by atoms with Gasteiger partial charge in [0.25, 0.3) is 0 Å². The number of fused-ring (bicyclic) bond motifs is 5. The van der Waals surface area contributed by atoms with Crippen molar-refractivity contribution in [2.45, 2.75) is 114 Å². The van der Waals surface area contributed by atoms with Crippen LogP contribution in [0.5, 0.6) is 0 Å². The molecule has 1 saturated carbocycles. The number of cyclic esters (lactones) is 1. The Hall–Kier alpha value is -1.92. The van der Waals surface area contributed by atoms with Gasteiger partial charge in [-0.3, -0.25) is 9.59 Å². The third-order valence-corrected chi connectivity index (χ3v) is 10.8. The van der Waals surface area contributed by atoms with Gasteiger partial charge in [0.05, 0.1) is 30.8 Å². The molecule has 0 amide bonds. The first kappa shape index (κ1) is 34.4. The molecule has 5 rings (SSSR count). The molecule has 10 heteroatoms. The monoisotopic (exact) mass is 632 g/mol. The zero-order valence-corrected chi connectivity index (χ0v) is 27.5. The summed E-state index contributed by atoms with van der Waals surface area (Å²) in [6, 6.07) is 0. The minimum Gasteiger partial charge on any atom is -0.458 e. The van der Waals surface area contributed by atoms with Crippen molar-refractivity contribution < 1.29 is 48.2 Å². The van der Waals surface area contributed by atoms with Crippen molar-refractivity contribution in [3.05, 3.63) is 36.0 Å². The Morgan fingerprint density at radius 2 is 1.71 bits per heavy atom. The van der Waals surface area contributed by atoms with Crippen LogP contribution in [0.2, 0.25) is 0 Å². The third-order valence-electron chi connectivity index (χ3n) is 10.8. The van der Waals surface area contributed by atoms with Crippen LogP contribution in [-0.2, 0) is 38.0 Å². The van der Waals surface area contributed by atoms with Gasteiger partial charge in [0.2, 0.25) is 0 Å². The van der Waals surface area contributed by atoms with Gasteiger partial charge in [-0.25, -0.2) is 0 Å². The number of ether oxygens (including phenoxy) is 6. The van der Waals surface area contributed by atoms with E-state index in [0.29, 0.717) is 24.8 Å². The standard InChI is InChI=1S/C35H52O10/c1-18(36)10-12-22-8-7-9-29(37)19(2)31(39)28-16-26-24(27(28)17-30(38)44-22)13-11-21-14-23(15-25(21)26)45-35-34(42-6)33(41-5)32(40-4)20(3)43-35/h10-13,16,18-27,29,32-37H,7-9,14-15,17H2,1-6H3/b12-10+/t18?,19-,20+,21?,22-,23-,24?,25?,26?,27?,29+,32+,33-,34?,35+/m1/s1. The minimum absolute atomic E-state index is 0.0201. The molecular weight excluding hydrogens is 580 g/mol. The maximum Gasteiger partial charge on any atom is 0.307 e. The molecule has 3 fully saturated rings. The number of carbonyl (C=O) groups is 2. The average molecular weight is 633 g/mol. The van der Waals surface area contributed by atoms with E-state index in [9.17, 15) is 19.8 Å². The number of Topliss-reactive ketones (excluding diaryl/α,β-unsaturated/α-hetero) is 1. The molecule has 2 saturated heterocycles. The van der Waals surface area contributed by atoms with Crippen LogP contribution in [0, 0.1) is 35.5 Å². The van der Waals surface area contributed by atoms with Gasteiger partial charge in [0, 0.05) is 33.2 Å². The van der Waals surface area contributed by atoms with E-state index in [1.807, 2.05) is 6.92 Å². The topological polar surface area (TPSA) is 130 Å². The first-order valence-corrected chi connectivity index (χ1v) is 16.6. The molecular formula is C35H52O10. The molecule has 0 aromatic rings. The lowest BCUT2D eigenvalue weighted by molar-refractivity contribution is -0.314. The number of rotatable bonds is 7. The van der Waals surface area contributed by atoms with E-state index in [4.69, 9.17) is 28.4 Å². The van der Waals surface area contributed by atoms with Gasteiger partial charge in [0.1, 0.15) is 24.4 Å². The zero-order valence-electron chi connectivity index (χ0n) is 27.5. The van der Waals surface area contributed by atoms with E-state index in [-0.39, 0.29) is 72.2 Å². The Morgan fingerprint density at radius 1 is 0.978 bits per heavy atom. The Balaban J connectivity index is 1.34. The largest absolute Gasteiger partial charge is 0.458 e. The SMILES string of the molecule is COC1[C@H](O[C@@H]2CC3C=CC4C5CC(=O)O[C@@H](/C=C/C(C)O)CCC[C@H](O)[C@@H](C)C(=O)C5=CC4C3C2)O[C@@H](C)[C@H](OC)[C@H]1OC. The summed E-state index contributed by atoms with van der Waals surface area (Å²) in [5.41, 5.74) is 0.636. The van der Waals surface area contributed by atoms with Crippen molar-refractivity contribution in [2.75, 3.05) is 21.3 Å². The van der Waals surface area contributed by atoms with Crippen molar-refractivity contribution in [1.29, 1.82) is 0 Å². The molecule has 0 spiro atoms. The van der Waals surface area contributed by atoms with Crippen LogP contribution in [-0.4, -0.2) is 98.4 Å². The second-order valence-corrected chi connectivity index (χ2v) is 13.6. The second-order valence-electron chi connectivity index (χ2n) is 13.6. The summed E-state index contributed by atoms with van der Waals surface area (Å²) in [5.74, 6) is -0.777. The second kappa shape index (κ2) is 14.9. The molecule has 7 unspecified atom stereocenters. The van der Waals surface area contributed by atoms with Crippen molar-refractivity contribution in [1.82, 2.24) is 0 Å². The number of carbonyl (C=O) groups excluding carboxylic acids is 2. The van der Waals surface area contributed by atoms with Crippen LogP contribution in [0.4, 0.5) is 0 Å². The van der Waals surface area contributed by atoms with E-state index >= 15 is 0 Å². The highest BCUT2D eigenvalue weighted by atomic mass is 16.7. The molecule has 2 heterocycles. The predicted octanol–water partition coefficient (Wildman–Crippen LogP) is 3.53. The Kier molecular flexibility index (Phi) is 11.4. The predicted molar refractivity (Wildman–Crippen MR) is 165 cm³/mol. The molecule has 252 valence electrons. The quantitative estimate of drug-likeness (QED) is 0.318. The third kappa shape index (κ3) is 7.32. The lowest BCUT2D eigenvalue weighted by Crippen LogP contribution is -2.59. The van der Waals surface area contributed by atoms with Crippen molar-refractivity contribution >= 4 is 11.8 Å². The smallest absolute Gasteiger partial charge is 0.307 e. The average Bonchev–Trinajstić information content (AvgIpc) is 3.58. The van der Waals surface area contributed by atoms with Crippen LogP contribution in [0.25, 0.3) is 0 Å². The molecule has 2 N–H and O–H groups in total. The van der Waals surface area contributed by atoms with Gasteiger partial charge in [-0.2, -0.15) is 0 Å². The minimum atomic E-state index is -0.786. The molecule has 15 atom stereocenters. The maximum atomic E-state index is 13.9. The van der Waals surface area contributed by atoms with Crippen molar-refractivity contribution in [3.8, 4) is 0 Å². The molecule has 3 aliphatic carbocycles. The van der Waals surface area contributed by atoms with Crippen LogP contribution in [0.15, 0.2) is 36.0 Å². The lowest BCUT2D eigenvalue weighted by Gasteiger charge is -2.44. The Morgan fingerprint density at radius 3 is 2.40 bits per heavy atom. The highest BCUT2D eigenvalue weighted by Crippen LogP contribution is 2.54. The van der Waals surface area contributed by atoms with E-state index in [0.717, 1.165) is 12.8 Å². The fourth-order valence-electron chi connectivity index (χ4n) is 8.40. The number of aliphatic hydroxyl groups excluding tert-OH is 2. The van der Waals surface area contributed by atoms with Crippen molar-refractivity contribution in [3.63, 3.8) is 0 Å². The van der Waals surface area contributed by atoms with E-state index in [1.54, 1.807) is 47.3 Å². The summed E-state index contributed by atoms with van der Waals surface area (Å²) in [4.78, 5) is 27.2. The van der Waals surface area contributed by atoms with E-state index < -0.39 is 36.6 Å². The highest BCUT2D eigenvalue weighted by molar-refractivity contribution is 5.99. The van der Waals surface area contributed by atoms with Gasteiger partial charge in [-0.15, -0.1) is 0 Å². The van der Waals surface area contributed by atoms with Crippen LogP contribution in [0.1, 0.15) is 59.3 Å².